The maximum Gasteiger partial charge on any atom is 0.149 e. The average Bonchev–Trinajstić information content (AvgIpc) is 2.50. The van der Waals surface area contributed by atoms with Crippen molar-refractivity contribution in [1.29, 1.82) is 0 Å². The van der Waals surface area contributed by atoms with Gasteiger partial charge in [0.25, 0.3) is 0 Å². The van der Waals surface area contributed by atoms with Gasteiger partial charge in [-0.2, -0.15) is 0 Å². The predicted octanol–water partition coefficient (Wildman–Crippen LogP) is 4.74. The lowest BCUT2D eigenvalue weighted by Gasteiger charge is -2.07. The smallest absolute Gasteiger partial charge is 0.149 e. The Morgan fingerprint density at radius 2 is 2.05 bits per heavy atom. The summed E-state index contributed by atoms with van der Waals surface area (Å²) in [6.07, 6.45) is 6.47. The van der Waals surface area contributed by atoms with Crippen LogP contribution in [0.2, 0.25) is 0 Å². The molecule has 0 aliphatic heterocycles. The topological polar surface area (TPSA) is 43.4 Å². The molecular weight excluding hydrogens is 272 g/mol. The molecule has 0 unspecified atom stereocenters. The van der Waals surface area contributed by atoms with E-state index in [1.807, 2.05) is 30.3 Å². The molecule has 4 nitrogen and oxygen atoms in total. The molecule has 2 rings (SSSR count). The molecule has 5 heteroatoms. The van der Waals surface area contributed by atoms with E-state index in [0.29, 0.717) is 6.61 Å². The van der Waals surface area contributed by atoms with Crippen molar-refractivity contribution in [3.8, 4) is 0 Å². The zero-order valence-electron chi connectivity index (χ0n) is 11.7. The van der Waals surface area contributed by atoms with E-state index in [2.05, 4.69) is 16.6 Å². The highest BCUT2D eigenvalue weighted by Gasteiger charge is 2.01. The van der Waals surface area contributed by atoms with Gasteiger partial charge in [0.05, 0.1) is 17.8 Å². The molecule has 0 saturated heterocycles. The van der Waals surface area contributed by atoms with Crippen LogP contribution in [0, 0.1) is 0 Å². The van der Waals surface area contributed by atoms with Gasteiger partial charge >= 0.3 is 0 Å². The van der Waals surface area contributed by atoms with Gasteiger partial charge in [-0.25, -0.2) is 4.89 Å². The van der Waals surface area contributed by atoms with Crippen molar-refractivity contribution in [3.05, 3.63) is 36.5 Å². The summed E-state index contributed by atoms with van der Waals surface area (Å²) >= 11 is 1.07. The van der Waals surface area contributed by atoms with Crippen LogP contribution in [-0.2, 0) is 9.22 Å². The van der Waals surface area contributed by atoms with E-state index in [9.17, 15) is 0 Å². The number of fused-ring (bicyclic) bond motifs is 1. The van der Waals surface area contributed by atoms with Crippen molar-refractivity contribution in [2.45, 2.75) is 32.6 Å². The zero-order valence-corrected chi connectivity index (χ0v) is 12.5. The molecule has 1 heterocycles. The van der Waals surface area contributed by atoms with Crippen molar-refractivity contribution in [2.75, 3.05) is 11.3 Å². The van der Waals surface area contributed by atoms with Crippen LogP contribution in [0.5, 0.6) is 0 Å². The Hall–Kier alpha value is -1.30. The van der Waals surface area contributed by atoms with Gasteiger partial charge in [0.2, 0.25) is 0 Å². The van der Waals surface area contributed by atoms with Gasteiger partial charge in [0.1, 0.15) is 12.2 Å². The van der Waals surface area contributed by atoms with E-state index in [4.69, 9.17) is 9.22 Å². The lowest BCUT2D eigenvalue weighted by molar-refractivity contribution is -0.191. The molecule has 1 aromatic heterocycles. The van der Waals surface area contributed by atoms with Crippen molar-refractivity contribution in [1.82, 2.24) is 4.98 Å². The van der Waals surface area contributed by atoms with Gasteiger partial charge in [-0.15, -0.1) is 4.33 Å². The normalized spacial score (nSPS) is 10.8. The van der Waals surface area contributed by atoms with Crippen LogP contribution in [0.15, 0.2) is 36.5 Å². The second-order valence-corrected chi connectivity index (χ2v) is 5.02. The van der Waals surface area contributed by atoms with Crippen LogP contribution in [0.3, 0.4) is 0 Å². The molecule has 20 heavy (non-hydrogen) atoms. The highest BCUT2D eigenvalue weighted by atomic mass is 32.2. The summed E-state index contributed by atoms with van der Waals surface area (Å²) < 4.78 is 8.14. The summed E-state index contributed by atoms with van der Waals surface area (Å²) in [6, 6.07) is 9.94. The minimum atomic E-state index is 0.627. The third kappa shape index (κ3) is 4.67. The summed E-state index contributed by atoms with van der Waals surface area (Å²) in [6.45, 7) is 2.82. The van der Waals surface area contributed by atoms with Crippen LogP contribution in [0.4, 0.5) is 5.69 Å². The summed E-state index contributed by atoms with van der Waals surface area (Å²) in [5, 5.41) is 1.10. The number of para-hydroxylation sites is 1. The maximum atomic E-state index is 5.09. The fourth-order valence-corrected chi connectivity index (χ4v) is 2.30. The van der Waals surface area contributed by atoms with Gasteiger partial charge in [-0.1, -0.05) is 44.4 Å². The number of pyridine rings is 1. The number of nitrogens with zero attached hydrogens (tertiary/aromatic N) is 1. The average molecular weight is 292 g/mol. The number of hydrogen-bond acceptors (Lipinski definition) is 5. The Bertz CT molecular complexity index is 517. The first-order valence-electron chi connectivity index (χ1n) is 6.96. The summed E-state index contributed by atoms with van der Waals surface area (Å²) in [4.78, 5) is 9.45. The number of benzene rings is 1. The highest BCUT2D eigenvalue weighted by molar-refractivity contribution is 7.95. The molecule has 0 amide bonds. The van der Waals surface area contributed by atoms with Gasteiger partial charge in [0.15, 0.2) is 0 Å². The van der Waals surface area contributed by atoms with E-state index >= 15 is 0 Å². The largest absolute Gasteiger partial charge is 0.302 e. The van der Waals surface area contributed by atoms with Gasteiger partial charge < -0.3 is 4.72 Å². The SMILES string of the molecule is CCCCCCOOSNc1cccc2cccnc12. The Morgan fingerprint density at radius 1 is 1.15 bits per heavy atom. The van der Waals surface area contributed by atoms with E-state index in [-0.39, 0.29) is 0 Å². The molecule has 0 bridgehead atoms. The minimum absolute atomic E-state index is 0.627. The number of nitrogens with one attached hydrogen (secondary N) is 1. The van der Waals surface area contributed by atoms with Crippen molar-refractivity contribution >= 4 is 28.8 Å². The quantitative estimate of drug-likeness (QED) is 0.238. The third-order valence-electron chi connectivity index (χ3n) is 2.95. The molecule has 0 saturated carbocycles. The molecule has 1 N–H and O–H groups in total. The number of aromatic nitrogens is 1. The standard InChI is InChI=1S/C15H20N2O2S/c1-2-3-4-5-12-18-19-20-17-14-10-6-8-13-9-7-11-16-15(13)14/h6-11,17H,2-5,12H2,1H3. The van der Waals surface area contributed by atoms with Crippen LogP contribution in [0.25, 0.3) is 10.9 Å². The molecule has 0 radical (unpaired) electrons. The van der Waals surface area contributed by atoms with Crippen LogP contribution in [-0.4, -0.2) is 11.6 Å². The second-order valence-electron chi connectivity index (χ2n) is 4.52. The Kier molecular flexibility index (Phi) is 6.63. The highest BCUT2D eigenvalue weighted by Crippen LogP contribution is 2.23. The lowest BCUT2D eigenvalue weighted by atomic mass is 10.2. The van der Waals surface area contributed by atoms with Crippen LogP contribution >= 0.6 is 12.2 Å². The van der Waals surface area contributed by atoms with Crippen molar-refractivity contribution < 1.29 is 9.22 Å². The summed E-state index contributed by atoms with van der Waals surface area (Å²) in [5.41, 5.74) is 1.84. The zero-order chi connectivity index (χ0) is 14.0. The number of rotatable bonds is 9. The van der Waals surface area contributed by atoms with Gasteiger partial charge in [-0.05, 0) is 18.6 Å². The molecular formula is C15H20N2O2S. The van der Waals surface area contributed by atoms with Crippen molar-refractivity contribution in [3.63, 3.8) is 0 Å². The maximum absolute atomic E-state index is 5.09. The third-order valence-corrected chi connectivity index (χ3v) is 3.42. The molecule has 0 aliphatic rings. The molecule has 0 aliphatic carbocycles. The summed E-state index contributed by atoms with van der Waals surface area (Å²) in [5.74, 6) is 0. The first kappa shape index (κ1) is 15.1. The molecule has 2 aromatic rings. The number of anilines is 1. The molecule has 108 valence electrons. The Morgan fingerprint density at radius 3 is 2.95 bits per heavy atom. The Labute approximate surface area is 124 Å². The second kappa shape index (κ2) is 8.79. The first-order valence-corrected chi connectivity index (χ1v) is 7.71. The molecule has 1 aromatic carbocycles. The fourth-order valence-electron chi connectivity index (χ4n) is 1.89. The Balaban J connectivity index is 1.71. The lowest BCUT2D eigenvalue weighted by Crippen LogP contribution is -1.95. The molecule has 0 fully saturated rings. The molecule has 0 spiro atoms. The monoisotopic (exact) mass is 292 g/mol. The number of hydrogen-bond donors (Lipinski definition) is 1. The van der Waals surface area contributed by atoms with E-state index in [1.165, 1.54) is 19.3 Å². The summed E-state index contributed by atoms with van der Waals surface area (Å²) in [7, 11) is 0. The van der Waals surface area contributed by atoms with Crippen LogP contribution in [0.1, 0.15) is 32.6 Å². The predicted molar refractivity (Wildman–Crippen MR) is 84.1 cm³/mol. The fraction of sp³-hybridized carbons (Fsp3) is 0.400. The van der Waals surface area contributed by atoms with Crippen LogP contribution < -0.4 is 4.72 Å². The van der Waals surface area contributed by atoms with E-state index in [0.717, 1.165) is 35.2 Å². The first-order chi connectivity index (χ1) is 9.92. The molecule has 0 atom stereocenters. The minimum Gasteiger partial charge on any atom is -0.302 e. The number of unbranched alkanes of at least 4 members (excludes halogenated alkanes) is 3. The van der Waals surface area contributed by atoms with Gasteiger partial charge in [0, 0.05) is 11.6 Å². The van der Waals surface area contributed by atoms with E-state index in [1.54, 1.807) is 6.20 Å². The van der Waals surface area contributed by atoms with Crippen molar-refractivity contribution in [2.24, 2.45) is 0 Å². The van der Waals surface area contributed by atoms with Gasteiger partial charge in [-0.3, -0.25) is 4.98 Å². The van der Waals surface area contributed by atoms with E-state index < -0.39 is 0 Å².